The van der Waals surface area contributed by atoms with Crippen LogP contribution in [0.25, 0.3) is 11.3 Å². The third kappa shape index (κ3) is 9.92. The fraction of sp³-hybridized carbons (Fsp3) is 0.538. The van der Waals surface area contributed by atoms with E-state index in [1.54, 1.807) is 82.0 Å². The zero-order valence-corrected chi connectivity index (χ0v) is 23.0. The van der Waals surface area contributed by atoms with E-state index in [1.165, 1.54) is 0 Å². The zero-order chi connectivity index (χ0) is 28.7. The Morgan fingerprint density at radius 3 is 2.18 bits per heavy atom. The molecule has 38 heavy (non-hydrogen) atoms. The van der Waals surface area contributed by atoms with Crippen LogP contribution in [0.15, 0.2) is 35.5 Å². The second-order valence-corrected chi connectivity index (χ2v) is 10.6. The normalized spacial score (nSPS) is 13.1. The van der Waals surface area contributed by atoms with E-state index in [1.807, 2.05) is 6.20 Å². The number of imidazole rings is 1. The molecule has 0 saturated carbocycles. The molecule has 0 radical (unpaired) electrons. The van der Waals surface area contributed by atoms with Gasteiger partial charge in [0.2, 0.25) is 5.62 Å². The van der Waals surface area contributed by atoms with Crippen molar-refractivity contribution in [1.82, 2.24) is 14.5 Å². The molecule has 2 aromatic rings. The van der Waals surface area contributed by atoms with Gasteiger partial charge in [-0.15, -0.1) is 4.99 Å². The first kappa shape index (κ1) is 30.4. The molecule has 0 saturated heterocycles. The van der Waals surface area contributed by atoms with Crippen LogP contribution in [0.3, 0.4) is 0 Å². The highest BCUT2D eigenvalue weighted by Crippen LogP contribution is 2.22. The molecule has 0 aliphatic rings. The third-order valence-corrected chi connectivity index (χ3v) is 4.87. The number of aromatic nitrogens is 2. The number of hydrogen-bond donors (Lipinski definition) is 3. The second kappa shape index (κ2) is 12.6. The van der Waals surface area contributed by atoms with Gasteiger partial charge in [-0.05, 0) is 77.8 Å². The molecule has 0 bridgehead atoms. The van der Waals surface area contributed by atoms with Gasteiger partial charge in [-0.1, -0.05) is 0 Å². The molecule has 0 fully saturated rings. The first-order valence-corrected chi connectivity index (χ1v) is 12.2. The fourth-order valence-corrected chi connectivity index (χ4v) is 3.25. The van der Waals surface area contributed by atoms with Crippen LogP contribution in [-0.2, 0) is 27.9 Å². The first-order valence-electron chi connectivity index (χ1n) is 12.2. The van der Waals surface area contributed by atoms with E-state index < -0.39 is 35.5 Å². The number of amides is 2. The van der Waals surface area contributed by atoms with Gasteiger partial charge in [-0.25, -0.2) is 14.4 Å². The average Bonchev–Trinajstić information content (AvgIpc) is 3.08. The van der Waals surface area contributed by atoms with Crippen LogP contribution in [-0.4, -0.2) is 68.0 Å². The van der Waals surface area contributed by atoms with Gasteiger partial charge in [-0.2, -0.15) is 0 Å². The van der Waals surface area contributed by atoms with E-state index >= 15 is 0 Å². The molecule has 1 heterocycles. The van der Waals surface area contributed by atoms with E-state index in [-0.39, 0.29) is 6.61 Å². The SMILES string of the molecule is Cn1c(-c2ccc(OCC(O)C(=O)O)cc2)cn(CCCNC(=O)OC(C)(C)C)c1=NC(=O)OC(C)(C)C. The standard InChI is InChI=1S/C26H38N4O8/c1-25(2,3)37-23(34)27-13-8-14-30-15-19(29(7)22(30)28-24(35)38-26(4,5)6)17-9-11-18(12-10-17)36-16-20(31)21(32)33/h9-12,15,20,31H,8,13-14,16H2,1-7H3,(H,27,34)(H,32,33). The summed E-state index contributed by atoms with van der Waals surface area (Å²) in [4.78, 5) is 39.4. The van der Waals surface area contributed by atoms with Gasteiger partial charge in [-0.3, -0.25) is 0 Å². The Morgan fingerprint density at radius 2 is 1.63 bits per heavy atom. The van der Waals surface area contributed by atoms with Crippen LogP contribution < -0.4 is 15.7 Å². The van der Waals surface area contributed by atoms with Crippen LogP contribution in [0, 0.1) is 0 Å². The lowest BCUT2D eigenvalue weighted by molar-refractivity contribution is -0.148. The van der Waals surface area contributed by atoms with Crippen molar-refractivity contribution in [3.05, 3.63) is 36.1 Å². The Kier molecular flexibility index (Phi) is 10.1. The number of carboxylic acids is 1. The molecule has 2 amide bonds. The minimum Gasteiger partial charge on any atom is -0.490 e. The van der Waals surface area contributed by atoms with Crippen LogP contribution in [0.5, 0.6) is 5.75 Å². The molecule has 1 aromatic heterocycles. The number of nitrogens with one attached hydrogen (secondary N) is 1. The summed E-state index contributed by atoms with van der Waals surface area (Å²) >= 11 is 0. The van der Waals surface area contributed by atoms with Crippen molar-refractivity contribution in [2.24, 2.45) is 12.0 Å². The lowest BCUT2D eigenvalue weighted by Gasteiger charge is -2.19. The first-order chi connectivity index (χ1) is 17.6. The van der Waals surface area contributed by atoms with E-state index in [9.17, 15) is 19.5 Å². The maximum Gasteiger partial charge on any atom is 0.437 e. The number of carboxylic acid groups (broad SMARTS) is 1. The maximum atomic E-state index is 12.5. The molecule has 2 rings (SSSR count). The third-order valence-electron chi connectivity index (χ3n) is 4.87. The van der Waals surface area contributed by atoms with Crippen LogP contribution in [0.4, 0.5) is 9.59 Å². The Morgan fingerprint density at radius 1 is 1.03 bits per heavy atom. The van der Waals surface area contributed by atoms with Crippen molar-refractivity contribution >= 4 is 18.2 Å². The molecule has 0 aliphatic heterocycles. The fourth-order valence-electron chi connectivity index (χ4n) is 3.25. The van der Waals surface area contributed by atoms with Gasteiger partial charge in [0.1, 0.15) is 23.6 Å². The van der Waals surface area contributed by atoms with Crippen LogP contribution in [0.2, 0.25) is 0 Å². The Hall–Kier alpha value is -3.80. The summed E-state index contributed by atoms with van der Waals surface area (Å²) in [5, 5.41) is 20.9. The Balaban J connectivity index is 2.26. The Bertz CT molecular complexity index is 1180. The summed E-state index contributed by atoms with van der Waals surface area (Å²) in [5.41, 5.74) is 0.579. The Labute approximate surface area is 221 Å². The maximum absolute atomic E-state index is 12.5. The summed E-state index contributed by atoms with van der Waals surface area (Å²) in [5.74, 6) is -0.972. The lowest BCUT2D eigenvalue weighted by atomic mass is 10.1. The van der Waals surface area contributed by atoms with Crippen molar-refractivity contribution in [1.29, 1.82) is 0 Å². The lowest BCUT2D eigenvalue weighted by Crippen LogP contribution is -2.34. The van der Waals surface area contributed by atoms with Gasteiger partial charge in [0.25, 0.3) is 0 Å². The van der Waals surface area contributed by atoms with E-state index in [2.05, 4.69) is 10.3 Å². The number of ether oxygens (including phenoxy) is 3. The minimum atomic E-state index is -1.62. The van der Waals surface area contributed by atoms with E-state index in [4.69, 9.17) is 19.3 Å². The number of aliphatic hydroxyl groups excluding tert-OH is 1. The van der Waals surface area contributed by atoms with Gasteiger partial charge >= 0.3 is 18.2 Å². The number of carbonyl (C=O) groups excluding carboxylic acids is 2. The highest BCUT2D eigenvalue weighted by atomic mass is 16.6. The topological polar surface area (TPSA) is 154 Å². The molecule has 1 atom stereocenters. The number of aryl methyl sites for hydroxylation is 1. The highest BCUT2D eigenvalue weighted by molar-refractivity contribution is 5.72. The van der Waals surface area contributed by atoms with Crippen LogP contribution >= 0.6 is 0 Å². The molecular weight excluding hydrogens is 496 g/mol. The number of nitrogens with zero attached hydrogens (tertiary/aromatic N) is 3. The van der Waals surface area contributed by atoms with Crippen molar-refractivity contribution in [2.45, 2.75) is 71.8 Å². The smallest absolute Gasteiger partial charge is 0.437 e. The second-order valence-electron chi connectivity index (χ2n) is 10.6. The molecule has 0 aliphatic carbocycles. The van der Waals surface area contributed by atoms with E-state index in [0.717, 1.165) is 11.3 Å². The number of carbonyl (C=O) groups is 3. The minimum absolute atomic E-state index is 0.353. The summed E-state index contributed by atoms with van der Waals surface area (Å²) in [6.07, 6.45) is -0.480. The van der Waals surface area contributed by atoms with Gasteiger partial charge < -0.3 is 38.9 Å². The largest absolute Gasteiger partial charge is 0.490 e. The average molecular weight is 535 g/mol. The molecule has 12 heteroatoms. The zero-order valence-electron chi connectivity index (χ0n) is 23.0. The van der Waals surface area contributed by atoms with Crippen molar-refractivity contribution < 1.29 is 38.8 Å². The van der Waals surface area contributed by atoms with Crippen molar-refractivity contribution in [3.63, 3.8) is 0 Å². The molecule has 12 nitrogen and oxygen atoms in total. The highest BCUT2D eigenvalue weighted by Gasteiger charge is 2.18. The molecule has 3 N–H and O–H groups in total. The monoisotopic (exact) mass is 534 g/mol. The van der Waals surface area contributed by atoms with Gasteiger partial charge in [0.05, 0.1) is 5.69 Å². The summed E-state index contributed by atoms with van der Waals surface area (Å²) in [7, 11) is 1.77. The number of rotatable bonds is 9. The van der Waals surface area contributed by atoms with Gasteiger partial charge in [0.15, 0.2) is 6.10 Å². The summed E-state index contributed by atoms with van der Waals surface area (Å²) in [6.45, 7) is 11.1. The molecular formula is C26H38N4O8. The number of aliphatic carboxylic acids is 1. The van der Waals surface area contributed by atoms with Crippen molar-refractivity contribution in [2.75, 3.05) is 13.2 Å². The number of aliphatic hydroxyl groups is 1. The van der Waals surface area contributed by atoms with Gasteiger partial charge in [0, 0.05) is 26.3 Å². The summed E-state index contributed by atoms with van der Waals surface area (Å²) in [6, 6.07) is 6.83. The van der Waals surface area contributed by atoms with Crippen LogP contribution in [0.1, 0.15) is 48.0 Å². The number of alkyl carbamates (subject to hydrolysis) is 1. The number of benzene rings is 1. The van der Waals surface area contributed by atoms with Crippen molar-refractivity contribution in [3.8, 4) is 17.0 Å². The summed E-state index contributed by atoms with van der Waals surface area (Å²) < 4.78 is 19.5. The molecule has 1 unspecified atom stereocenters. The molecule has 210 valence electrons. The molecule has 0 spiro atoms. The van der Waals surface area contributed by atoms with E-state index in [0.29, 0.717) is 30.9 Å². The number of hydrogen-bond acceptors (Lipinski definition) is 7. The predicted octanol–water partition coefficient (Wildman–Crippen LogP) is 3.07. The molecule has 1 aromatic carbocycles. The quantitative estimate of drug-likeness (QED) is 0.415. The predicted molar refractivity (Wildman–Crippen MR) is 139 cm³/mol.